The van der Waals surface area contributed by atoms with Crippen molar-refractivity contribution in [3.05, 3.63) is 70.3 Å². The summed E-state index contributed by atoms with van der Waals surface area (Å²) < 4.78 is 42.8. The van der Waals surface area contributed by atoms with E-state index >= 15 is 0 Å². The topological polar surface area (TPSA) is 91.4 Å². The van der Waals surface area contributed by atoms with E-state index in [1.165, 1.54) is 36.9 Å². The normalized spacial score (nSPS) is 32.4. The number of carbonyl (C=O) groups is 1. The Balaban J connectivity index is 1.29. The number of halogens is 1. The van der Waals surface area contributed by atoms with E-state index in [4.69, 9.17) is 21.1 Å². The van der Waals surface area contributed by atoms with Gasteiger partial charge in [0.05, 0.1) is 17.5 Å². The molecule has 1 N–H and O–H groups in total. The highest BCUT2D eigenvalue weighted by Gasteiger charge is 2.49. The van der Waals surface area contributed by atoms with Crippen LogP contribution in [0, 0.1) is 17.8 Å². The number of aryl methyl sites for hydroxylation is 1. The first-order chi connectivity index (χ1) is 25.0. The maximum atomic E-state index is 13.7. The van der Waals surface area contributed by atoms with Crippen molar-refractivity contribution in [3.8, 4) is 5.75 Å². The van der Waals surface area contributed by atoms with Crippen LogP contribution in [-0.2, 0) is 27.7 Å². The van der Waals surface area contributed by atoms with Crippen molar-refractivity contribution in [2.45, 2.75) is 95.1 Å². The molecule has 11 heteroatoms. The number of rotatable bonds is 3. The lowest BCUT2D eigenvalue weighted by molar-refractivity contribution is -0.100. The molecule has 0 spiro atoms. The van der Waals surface area contributed by atoms with E-state index < -0.39 is 26.8 Å². The Bertz CT molecular complexity index is 1740. The van der Waals surface area contributed by atoms with Crippen LogP contribution in [0.5, 0.6) is 5.75 Å². The van der Waals surface area contributed by atoms with Crippen molar-refractivity contribution in [3.63, 3.8) is 0 Å². The van der Waals surface area contributed by atoms with Crippen molar-refractivity contribution in [1.82, 2.24) is 14.5 Å². The standard InChI is InChI=1S/C41H57ClN4O5S/c1-29-9-8-18-41(50-3,28-44-20-21-45-19-6-4-11-36(45)27-44)37-16-13-34(37)26-46-25-33-12-15-35(42)23-31(33)10-5-7-22-51-39-17-14-32(24-38(39)46)40(47)43-52(48,49)30(29)2/h8,12,14-15,17-18,23-24,29-30,34,36-37H,4-7,9-11,13,16,19-22,25-28H2,1-3H3,(H,43,47)/b18-8+/t29-,30+,34-,36+,37?,41-/m0/s1. The molecule has 1 amide bonds. The minimum absolute atomic E-state index is 0.211. The van der Waals surface area contributed by atoms with E-state index in [1.807, 2.05) is 32.2 Å². The van der Waals surface area contributed by atoms with Gasteiger partial charge in [0.2, 0.25) is 10.0 Å². The van der Waals surface area contributed by atoms with Crippen LogP contribution >= 0.6 is 11.6 Å². The Hall–Kier alpha value is -2.63. The molecule has 6 atom stereocenters. The molecule has 5 aliphatic rings. The largest absolute Gasteiger partial charge is 0.491 e. The first kappa shape index (κ1) is 37.7. The van der Waals surface area contributed by atoms with Crippen LogP contribution in [0.1, 0.15) is 86.7 Å². The molecule has 284 valence electrons. The molecule has 2 aromatic rings. The van der Waals surface area contributed by atoms with E-state index in [2.05, 4.69) is 43.7 Å². The number of benzene rings is 2. The number of methoxy groups -OCH3 is 1. The monoisotopic (exact) mass is 752 g/mol. The number of hydrogen-bond donors (Lipinski definition) is 1. The van der Waals surface area contributed by atoms with Crippen molar-refractivity contribution in [2.24, 2.45) is 17.8 Å². The molecule has 4 heterocycles. The van der Waals surface area contributed by atoms with Crippen molar-refractivity contribution in [1.29, 1.82) is 0 Å². The molecule has 9 nitrogen and oxygen atoms in total. The maximum Gasteiger partial charge on any atom is 0.264 e. The van der Waals surface area contributed by atoms with Gasteiger partial charge in [-0.15, -0.1) is 0 Å². The molecule has 1 aliphatic carbocycles. The van der Waals surface area contributed by atoms with Crippen LogP contribution < -0.4 is 14.4 Å². The second-order valence-corrected chi connectivity index (χ2v) is 18.6. The first-order valence-electron chi connectivity index (χ1n) is 19.6. The summed E-state index contributed by atoms with van der Waals surface area (Å²) >= 11 is 6.53. The van der Waals surface area contributed by atoms with E-state index in [0.29, 0.717) is 42.8 Å². The van der Waals surface area contributed by atoms with Gasteiger partial charge in [0.1, 0.15) is 11.4 Å². The van der Waals surface area contributed by atoms with Gasteiger partial charge < -0.3 is 14.4 Å². The number of nitrogens with one attached hydrogen (secondary N) is 1. The summed E-state index contributed by atoms with van der Waals surface area (Å²) in [6.07, 6.45) is 13.7. The van der Waals surface area contributed by atoms with Crippen LogP contribution in [-0.4, -0.2) is 94.0 Å². The summed E-state index contributed by atoms with van der Waals surface area (Å²) in [6, 6.07) is 12.1. The summed E-state index contributed by atoms with van der Waals surface area (Å²) in [5.41, 5.74) is 3.01. The van der Waals surface area contributed by atoms with Crippen LogP contribution in [0.2, 0.25) is 5.02 Å². The van der Waals surface area contributed by atoms with E-state index in [0.717, 1.165) is 75.5 Å². The number of allylic oxidation sites excluding steroid dienone is 1. The molecule has 2 saturated heterocycles. The van der Waals surface area contributed by atoms with Crippen LogP contribution in [0.4, 0.5) is 5.69 Å². The zero-order valence-electron chi connectivity index (χ0n) is 31.2. The van der Waals surface area contributed by atoms with Crippen LogP contribution in [0.25, 0.3) is 0 Å². The van der Waals surface area contributed by atoms with Crippen molar-refractivity contribution >= 4 is 33.2 Å². The lowest BCUT2D eigenvalue weighted by Gasteiger charge is -2.53. The highest BCUT2D eigenvalue weighted by atomic mass is 35.5. The third-order valence-electron chi connectivity index (χ3n) is 12.9. The lowest BCUT2D eigenvalue weighted by atomic mass is 9.63. The minimum Gasteiger partial charge on any atom is -0.491 e. The second kappa shape index (κ2) is 16.0. The fourth-order valence-electron chi connectivity index (χ4n) is 9.33. The summed E-state index contributed by atoms with van der Waals surface area (Å²) in [4.78, 5) is 21.3. The Morgan fingerprint density at radius 1 is 0.981 bits per heavy atom. The lowest BCUT2D eigenvalue weighted by Crippen LogP contribution is -2.61. The van der Waals surface area contributed by atoms with Gasteiger partial charge in [0, 0.05) is 63.0 Å². The van der Waals surface area contributed by atoms with E-state index in [-0.39, 0.29) is 11.8 Å². The molecule has 2 bridgehead atoms. The number of anilines is 1. The molecule has 1 unspecified atom stereocenters. The smallest absolute Gasteiger partial charge is 0.264 e. The molecule has 52 heavy (non-hydrogen) atoms. The van der Waals surface area contributed by atoms with Crippen LogP contribution in [0.15, 0.2) is 48.6 Å². The minimum atomic E-state index is -3.95. The van der Waals surface area contributed by atoms with Crippen LogP contribution in [0.3, 0.4) is 0 Å². The number of carbonyl (C=O) groups excluding carboxylic acids is 1. The van der Waals surface area contributed by atoms with E-state index in [9.17, 15) is 13.2 Å². The molecule has 4 aliphatic heterocycles. The molecule has 0 aromatic heterocycles. The van der Waals surface area contributed by atoms with Gasteiger partial charge in [0.15, 0.2) is 0 Å². The van der Waals surface area contributed by atoms with Gasteiger partial charge in [0.25, 0.3) is 5.91 Å². The molecule has 3 fully saturated rings. The number of nitrogens with zero attached hydrogens (tertiary/aromatic N) is 3. The average molecular weight is 753 g/mol. The number of piperazine rings is 1. The average Bonchev–Trinajstić information content (AvgIpc) is 3.15. The van der Waals surface area contributed by atoms with Crippen molar-refractivity contribution < 1.29 is 22.7 Å². The highest BCUT2D eigenvalue weighted by Crippen LogP contribution is 2.47. The SMILES string of the molecule is CO[C@]1(CN2CCN3CCCC[C@@H]3C2)/C=C/C[C@H](C)[C@@H](C)S(=O)(=O)NC(=O)c2ccc3c(c2)N(Cc2ccc(Cl)cc2CCCCO3)C[C@@H]2CCC21. The number of piperidine rings is 1. The Labute approximate surface area is 316 Å². The van der Waals surface area contributed by atoms with Gasteiger partial charge in [-0.05, 0) is 124 Å². The summed E-state index contributed by atoms with van der Waals surface area (Å²) in [6.45, 7) is 10.7. The molecule has 1 saturated carbocycles. The fraction of sp³-hybridized carbons (Fsp3) is 0.634. The number of amides is 1. The quantitative estimate of drug-likeness (QED) is 0.347. The molecule has 7 rings (SSSR count). The number of ether oxygens (including phenoxy) is 2. The van der Waals surface area contributed by atoms with Gasteiger partial charge in [-0.1, -0.05) is 43.2 Å². The zero-order chi connectivity index (χ0) is 36.5. The van der Waals surface area contributed by atoms with Crippen molar-refractivity contribution in [2.75, 3.05) is 57.9 Å². The predicted octanol–water partition coefficient (Wildman–Crippen LogP) is 6.69. The van der Waals surface area contributed by atoms with Gasteiger partial charge in [-0.25, -0.2) is 13.1 Å². The highest BCUT2D eigenvalue weighted by molar-refractivity contribution is 7.90. The summed E-state index contributed by atoms with van der Waals surface area (Å²) in [5, 5.41) is -0.0444. The first-order valence-corrected chi connectivity index (χ1v) is 21.5. The van der Waals surface area contributed by atoms with Gasteiger partial charge >= 0.3 is 0 Å². The Morgan fingerprint density at radius 2 is 1.85 bits per heavy atom. The predicted molar refractivity (Wildman–Crippen MR) is 208 cm³/mol. The fourth-order valence-corrected chi connectivity index (χ4v) is 10.8. The third kappa shape index (κ3) is 8.07. The summed E-state index contributed by atoms with van der Waals surface area (Å²) in [5.74, 6) is 0.470. The number of sulfonamides is 1. The molecule has 0 radical (unpaired) electrons. The summed E-state index contributed by atoms with van der Waals surface area (Å²) in [7, 11) is -2.09. The maximum absolute atomic E-state index is 13.7. The molecular weight excluding hydrogens is 696 g/mol. The zero-order valence-corrected chi connectivity index (χ0v) is 32.8. The second-order valence-electron chi connectivity index (χ2n) is 16.1. The van der Waals surface area contributed by atoms with E-state index in [1.54, 1.807) is 13.0 Å². The Kier molecular flexibility index (Phi) is 11.6. The number of fused-ring (bicyclic) bond motifs is 4. The van der Waals surface area contributed by atoms with Gasteiger partial charge in [-0.3, -0.25) is 14.6 Å². The third-order valence-corrected chi connectivity index (χ3v) is 15.0. The molecule has 2 aromatic carbocycles. The molecular formula is C41H57ClN4O5S. The number of hydrogen-bond acceptors (Lipinski definition) is 8. The van der Waals surface area contributed by atoms with Gasteiger partial charge in [-0.2, -0.15) is 0 Å². The Morgan fingerprint density at radius 3 is 2.65 bits per heavy atom.